The molecule has 0 spiro atoms. The number of anilines is 1. The first-order valence-electron chi connectivity index (χ1n) is 18.4. The number of fused-ring (bicyclic) bond motifs is 2. The van der Waals surface area contributed by atoms with E-state index in [9.17, 15) is 24.3 Å². The van der Waals surface area contributed by atoms with Crippen molar-refractivity contribution in [1.82, 2.24) is 34.6 Å². The maximum absolute atomic E-state index is 12.6. The van der Waals surface area contributed by atoms with Gasteiger partial charge < -0.3 is 48.6 Å². The molecule has 0 saturated carbocycles. The third-order valence-electron chi connectivity index (χ3n) is 8.21. The van der Waals surface area contributed by atoms with Crippen molar-refractivity contribution in [1.29, 1.82) is 0 Å². The number of hydrogen-bond acceptors (Lipinski definition) is 14. The van der Waals surface area contributed by atoms with Crippen LogP contribution in [-0.2, 0) is 33.2 Å². The number of hydrogen-bond donors (Lipinski definition) is 3. The highest BCUT2D eigenvalue weighted by atomic mass is 16.8. The first kappa shape index (κ1) is 43.4. The van der Waals surface area contributed by atoms with Gasteiger partial charge in [0.1, 0.15) is 47.5 Å². The average molecular weight is 779 g/mol. The van der Waals surface area contributed by atoms with Crippen LogP contribution in [0.25, 0.3) is 11.2 Å². The Morgan fingerprint density at radius 1 is 0.891 bits per heavy atom. The van der Waals surface area contributed by atoms with E-state index < -0.39 is 77.4 Å². The minimum absolute atomic E-state index is 0.0417. The number of rotatable bonds is 13. The van der Waals surface area contributed by atoms with Crippen LogP contribution in [0.2, 0.25) is 0 Å². The van der Waals surface area contributed by atoms with E-state index in [2.05, 4.69) is 25.6 Å². The molecule has 308 valence electrons. The summed E-state index contributed by atoms with van der Waals surface area (Å²) in [6, 6.07) is -1.24. The lowest BCUT2D eigenvalue weighted by molar-refractivity contribution is -0.198. The van der Waals surface area contributed by atoms with Gasteiger partial charge in [0.15, 0.2) is 29.0 Å². The van der Waals surface area contributed by atoms with Crippen molar-refractivity contribution >= 4 is 41.2 Å². The van der Waals surface area contributed by atoms with Crippen LogP contribution in [-0.4, -0.2) is 139 Å². The van der Waals surface area contributed by atoms with Gasteiger partial charge in [-0.15, -0.1) is 0 Å². The van der Waals surface area contributed by atoms with Crippen LogP contribution in [0.15, 0.2) is 12.7 Å². The summed E-state index contributed by atoms with van der Waals surface area (Å²) in [4.78, 5) is 66.6. The Bertz CT molecular complexity index is 1680. The Morgan fingerprint density at radius 3 is 2.13 bits per heavy atom. The second-order valence-electron chi connectivity index (χ2n) is 17.2. The Labute approximate surface area is 321 Å². The molecule has 0 bridgehead atoms. The molecule has 19 heteroatoms. The zero-order valence-corrected chi connectivity index (χ0v) is 34.0. The highest BCUT2D eigenvalue weighted by Gasteiger charge is 2.56. The van der Waals surface area contributed by atoms with Gasteiger partial charge >= 0.3 is 24.2 Å². The van der Waals surface area contributed by atoms with Gasteiger partial charge in [-0.3, -0.25) is 9.88 Å². The van der Waals surface area contributed by atoms with E-state index in [1.807, 2.05) is 4.90 Å². The van der Waals surface area contributed by atoms with Gasteiger partial charge in [-0.25, -0.2) is 34.1 Å². The number of carboxylic acids is 1. The summed E-state index contributed by atoms with van der Waals surface area (Å²) in [7, 11) is 1.65. The number of ether oxygens (including phenoxy) is 6. The van der Waals surface area contributed by atoms with Crippen LogP contribution >= 0.6 is 0 Å². The summed E-state index contributed by atoms with van der Waals surface area (Å²) in [6.45, 7) is 20.6. The lowest BCUT2D eigenvalue weighted by atomic mass is 10.1. The summed E-state index contributed by atoms with van der Waals surface area (Å²) in [5.74, 6) is -2.02. The zero-order valence-electron chi connectivity index (χ0n) is 34.0. The number of carbonyl (C=O) groups is 4. The second-order valence-corrected chi connectivity index (χ2v) is 17.2. The van der Waals surface area contributed by atoms with Crippen molar-refractivity contribution in [3.63, 3.8) is 0 Å². The van der Waals surface area contributed by atoms with E-state index in [0.29, 0.717) is 30.7 Å². The molecule has 0 aliphatic carbocycles. The van der Waals surface area contributed by atoms with Gasteiger partial charge in [0.2, 0.25) is 0 Å². The van der Waals surface area contributed by atoms with Gasteiger partial charge in [0, 0.05) is 26.7 Å². The number of carbonyl (C=O) groups excluding carboxylic acids is 3. The number of nitrogens with one attached hydrogen (secondary N) is 2. The molecule has 0 radical (unpaired) electrons. The minimum atomic E-state index is -1.24. The number of nitrogens with zero attached hydrogens (tertiary/aromatic N) is 6. The predicted octanol–water partition coefficient (Wildman–Crippen LogP) is 4.52. The summed E-state index contributed by atoms with van der Waals surface area (Å²) < 4.78 is 37.3. The number of alkyl carbamates (subject to hydrolysis) is 1. The van der Waals surface area contributed by atoms with Crippen molar-refractivity contribution < 1.29 is 52.7 Å². The Morgan fingerprint density at radius 2 is 1.51 bits per heavy atom. The van der Waals surface area contributed by atoms with E-state index in [1.165, 1.54) is 17.6 Å². The maximum atomic E-state index is 12.6. The van der Waals surface area contributed by atoms with E-state index in [-0.39, 0.29) is 25.3 Å². The minimum Gasteiger partial charge on any atom is -0.480 e. The molecule has 2 aromatic heterocycles. The Balaban J connectivity index is 1.56. The molecule has 2 aliphatic heterocycles. The van der Waals surface area contributed by atoms with Gasteiger partial charge in [0.25, 0.3) is 0 Å². The third-order valence-corrected chi connectivity index (χ3v) is 8.21. The predicted molar refractivity (Wildman–Crippen MR) is 198 cm³/mol. The number of imidazole rings is 1. The number of aromatic nitrogens is 4. The number of aliphatic carboxylic acids is 1. The van der Waals surface area contributed by atoms with Crippen LogP contribution < -0.4 is 10.6 Å². The van der Waals surface area contributed by atoms with E-state index >= 15 is 0 Å². The lowest BCUT2D eigenvalue weighted by Crippen LogP contribution is -2.47. The van der Waals surface area contributed by atoms with Crippen molar-refractivity contribution in [2.75, 3.05) is 38.5 Å². The van der Waals surface area contributed by atoms with Gasteiger partial charge in [-0.05, 0) is 95.5 Å². The molecule has 2 aromatic rings. The van der Waals surface area contributed by atoms with Crippen LogP contribution in [0.4, 0.5) is 20.2 Å². The molecule has 19 nitrogen and oxygen atoms in total. The highest BCUT2D eigenvalue weighted by molar-refractivity contribution is 5.93. The molecule has 4 heterocycles. The van der Waals surface area contributed by atoms with Crippen molar-refractivity contribution in [2.24, 2.45) is 0 Å². The number of carboxylic acid groups (broad SMARTS) is 1. The van der Waals surface area contributed by atoms with Crippen LogP contribution in [0.5, 0.6) is 0 Å². The fourth-order valence-electron chi connectivity index (χ4n) is 6.09. The third kappa shape index (κ3) is 12.6. The molecule has 5 atom stereocenters. The van der Waals surface area contributed by atoms with Gasteiger partial charge in [0.05, 0.1) is 6.33 Å². The molecule has 2 fully saturated rings. The first-order valence-corrected chi connectivity index (χ1v) is 18.4. The van der Waals surface area contributed by atoms with Gasteiger partial charge in [-0.2, -0.15) is 0 Å². The standard InChI is InChI=1S/C36H58N8O11/c1-33(2,3)53-30(47)40-21(29(45)46)14-17-43(16-13-15-42(12)32(49)55-35(7,8)9)18-22-24-25(52-36(10,11)51-24)28(50-22)44-20-39-23-26(37-19-38-27(23)44)41-31(48)54-34(4,5)6/h19-22,24-25,28H,13-18H2,1-12H3,(H,40,47)(H,45,46)(H,37,38,41,48)/t21-,22+,24+,25+,28+/m0/s1. The summed E-state index contributed by atoms with van der Waals surface area (Å²) in [6.07, 6.45) is -1.11. The van der Waals surface area contributed by atoms with Crippen LogP contribution in [0.1, 0.15) is 95.2 Å². The SMILES string of the molecule is CN(CCCN(CC[C@H](NC(=O)OC(C)(C)C)C(=O)O)C[C@H]1O[C@@H](n2cnc3c(NC(=O)OC(C)(C)C)ncnc32)[C@@H]2OC(C)(C)O[C@@H]21)C(=O)OC(C)(C)C. The molecule has 0 aromatic carbocycles. The maximum Gasteiger partial charge on any atom is 0.413 e. The van der Waals surface area contributed by atoms with Crippen LogP contribution in [0, 0.1) is 0 Å². The van der Waals surface area contributed by atoms with Crippen LogP contribution in [0.3, 0.4) is 0 Å². The van der Waals surface area contributed by atoms with Crippen molar-refractivity contribution in [2.45, 2.75) is 142 Å². The van der Waals surface area contributed by atoms with E-state index in [4.69, 9.17) is 28.4 Å². The largest absolute Gasteiger partial charge is 0.480 e. The molecule has 0 unspecified atom stereocenters. The molecular formula is C36H58N8O11. The fraction of sp³-hybridized carbons (Fsp3) is 0.750. The molecule has 3 N–H and O–H groups in total. The molecule has 3 amide bonds. The zero-order chi connectivity index (χ0) is 41.1. The smallest absolute Gasteiger partial charge is 0.413 e. The monoisotopic (exact) mass is 778 g/mol. The molecule has 2 saturated heterocycles. The van der Waals surface area contributed by atoms with E-state index in [1.54, 1.807) is 87.8 Å². The molecule has 2 aliphatic rings. The average Bonchev–Trinajstić information content (AvgIpc) is 3.67. The summed E-state index contributed by atoms with van der Waals surface area (Å²) in [5.41, 5.74) is -1.51. The van der Waals surface area contributed by atoms with Gasteiger partial charge in [-0.1, -0.05) is 0 Å². The summed E-state index contributed by atoms with van der Waals surface area (Å²) >= 11 is 0. The molecule has 4 rings (SSSR count). The van der Waals surface area contributed by atoms with Crippen molar-refractivity contribution in [3.05, 3.63) is 12.7 Å². The molecular weight excluding hydrogens is 720 g/mol. The second kappa shape index (κ2) is 16.8. The first-order chi connectivity index (χ1) is 25.3. The van der Waals surface area contributed by atoms with E-state index in [0.717, 1.165) is 0 Å². The number of amides is 3. The topological polar surface area (TPSA) is 218 Å². The normalized spacial score (nSPS) is 21.5. The quantitative estimate of drug-likeness (QED) is 0.238. The lowest BCUT2D eigenvalue weighted by Gasteiger charge is -2.30. The Hall–Kier alpha value is -4.33. The fourth-order valence-corrected chi connectivity index (χ4v) is 6.09. The Kier molecular flexibility index (Phi) is 13.3. The summed E-state index contributed by atoms with van der Waals surface area (Å²) in [5, 5.41) is 15.1. The molecule has 55 heavy (non-hydrogen) atoms. The van der Waals surface area contributed by atoms with Crippen molar-refractivity contribution in [3.8, 4) is 0 Å². The highest BCUT2D eigenvalue weighted by Crippen LogP contribution is 2.44.